The maximum Gasteiger partial charge on any atom is 0.320 e. The molecule has 0 aliphatic rings. The lowest BCUT2D eigenvalue weighted by Crippen LogP contribution is -2.32. The van der Waals surface area contributed by atoms with Crippen molar-refractivity contribution in [1.29, 1.82) is 0 Å². The normalized spacial score (nSPS) is 12.4. The predicted molar refractivity (Wildman–Crippen MR) is 112 cm³/mol. The Balaban J connectivity index is 2.39. The van der Waals surface area contributed by atoms with Crippen LogP contribution in [0.5, 0.6) is 0 Å². The molecule has 0 bridgehead atoms. The van der Waals surface area contributed by atoms with E-state index in [4.69, 9.17) is 9.47 Å². The van der Waals surface area contributed by atoms with Crippen molar-refractivity contribution < 1.29 is 19.1 Å². The van der Waals surface area contributed by atoms with Crippen LogP contribution in [0.4, 0.5) is 0 Å². The maximum atomic E-state index is 12.7. The Kier molecular flexibility index (Phi) is 7.80. The van der Waals surface area contributed by atoms with E-state index < -0.39 is 17.9 Å². The molecule has 0 fully saturated rings. The molecule has 0 saturated heterocycles. The van der Waals surface area contributed by atoms with Crippen LogP contribution in [-0.4, -0.2) is 24.1 Å². The van der Waals surface area contributed by atoms with Gasteiger partial charge in [0.25, 0.3) is 0 Å². The van der Waals surface area contributed by atoms with Crippen LogP contribution in [-0.2, 0) is 19.1 Å². The van der Waals surface area contributed by atoms with Crippen LogP contribution in [0.25, 0.3) is 10.8 Å². The molecule has 1 atom stereocenters. The van der Waals surface area contributed by atoms with Crippen LogP contribution in [0.3, 0.4) is 0 Å². The van der Waals surface area contributed by atoms with Crippen molar-refractivity contribution in [2.75, 3.05) is 0 Å². The summed E-state index contributed by atoms with van der Waals surface area (Å²) in [7, 11) is 0. The van der Waals surface area contributed by atoms with Gasteiger partial charge >= 0.3 is 11.9 Å². The first-order chi connectivity index (χ1) is 13.3. The summed E-state index contributed by atoms with van der Waals surface area (Å²) in [5.74, 6) is -2.08. The number of ether oxygens (including phenoxy) is 2. The van der Waals surface area contributed by atoms with Crippen LogP contribution < -0.4 is 0 Å². The third-order valence-corrected chi connectivity index (χ3v) is 4.51. The second-order valence-corrected chi connectivity index (χ2v) is 7.55. The van der Waals surface area contributed by atoms with Crippen molar-refractivity contribution in [3.05, 3.63) is 60.7 Å². The minimum atomic E-state index is -0.964. The van der Waals surface area contributed by atoms with Gasteiger partial charge in [-0.25, -0.2) is 0 Å². The first-order valence-electron chi connectivity index (χ1n) is 9.83. The molecule has 2 aromatic rings. The number of rotatable bonds is 9. The molecule has 0 aromatic heterocycles. The molecule has 2 rings (SSSR count). The summed E-state index contributed by atoms with van der Waals surface area (Å²) in [5.41, 5.74) is 1.10. The third kappa shape index (κ3) is 5.69. The van der Waals surface area contributed by atoms with E-state index in [1.54, 1.807) is 27.7 Å². The van der Waals surface area contributed by atoms with Crippen LogP contribution >= 0.6 is 0 Å². The van der Waals surface area contributed by atoms with Crippen molar-refractivity contribution in [2.24, 2.45) is 5.92 Å². The van der Waals surface area contributed by atoms with E-state index in [0.29, 0.717) is 12.8 Å². The summed E-state index contributed by atoms with van der Waals surface area (Å²) >= 11 is 0. The fraction of sp³-hybridized carbons (Fsp3) is 0.417. The molecule has 150 valence electrons. The average Bonchev–Trinajstić information content (AvgIpc) is 2.63. The SMILES string of the molecule is C=CCC(CC(C(=O)OC(C)C)C(=O)OC(C)C)c1cccc2ccccc12. The highest BCUT2D eigenvalue weighted by atomic mass is 16.6. The molecule has 0 aliphatic carbocycles. The molecule has 0 saturated carbocycles. The second-order valence-electron chi connectivity index (χ2n) is 7.55. The molecule has 0 radical (unpaired) electrons. The highest BCUT2D eigenvalue weighted by Crippen LogP contribution is 2.34. The van der Waals surface area contributed by atoms with Crippen molar-refractivity contribution in [2.45, 2.75) is 58.7 Å². The molecule has 0 heterocycles. The van der Waals surface area contributed by atoms with E-state index in [9.17, 15) is 9.59 Å². The van der Waals surface area contributed by atoms with Gasteiger partial charge in [-0.3, -0.25) is 9.59 Å². The summed E-state index contributed by atoms with van der Waals surface area (Å²) in [5, 5.41) is 2.24. The van der Waals surface area contributed by atoms with Crippen LogP contribution in [0.15, 0.2) is 55.1 Å². The summed E-state index contributed by atoms with van der Waals surface area (Å²) in [6.07, 6.45) is 2.20. The quantitative estimate of drug-likeness (QED) is 0.331. The Labute approximate surface area is 167 Å². The summed E-state index contributed by atoms with van der Waals surface area (Å²) in [4.78, 5) is 25.3. The van der Waals surface area contributed by atoms with Gasteiger partial charge in [-0.1, -0.05) is 48.5 Å². The molecule has 0 amide bonds. The van der Waals surface area contributed by atoms with Gasteiger partial charge < -0.3 is 9.47 Å². The number of carbonyl (C=O) groups excluding carboxylic acids is 2. The minimum Gasteiger partial charge on any atom is -0.462 e. The van der Waals surface area contributed by atoms with Crippen LogP contribution in [0.1, 0.15) is 52.0 Å². The van der Waals surface area contributed by atoms with Gasteiger partial charge in [0.2, 0.25) is 0 Å². The van der Waals surface area contributed by atoms with Crippen LogP contribution in [0, 0.1) is 5.92 Å². The zero-order chi connectivity index (χ0) is 20.7. The van der Waals surface area contributed by atoms with Gasteiger partial charge in [-0.15, -0.1) is 6.58 Å². The number of esters is 2. The van der Waals surface area contributed by atoms with Crippen molar-refractivity contribution in [3.8, 4) is 0 Å². The van der Waals surface area contributed by atoms with E-state index in [-0.39, 0.29) is 18.1 Å². The molecule has 0 aliphatic heterocycles. The van der Waals surface area contributed by atoms with E-state index in [1.807, 2.05) is 24.3 Å². The fourth-order valence-corrected chi connectivity index (χ4v) is 3.36. The average molecular weight is 383 g/mol. The van der Waals surface area contributed by atoms with Crippen LogP contribution in [0.2, 0.25) is 0 Å². The van der Waals surface area contributed by atoms with E-state index in [1.165, 1.54) is 0 Å². The molecular weight excluding hydrogens is 352 g/mol. The standard InChI is InChI=1S/C24H30O4/c1-6-10-19(21-14-9-12-18-11-7-8-13-20(18)21)15-22(23(25)27-16(2)3)24(26)28-17(4)5/h6-9,11-14,16-17,19,22H,1,10,15H2,2-5H3. The Morgan fingerprint density at radius 1 is 0.929 bits per heavy atom. The molecular formula is C24H30O4. The largest absolute Gasteiger partial charge is 0.462 e. The highest BCUT2D eigenvalue weighted by molar-refractivity contribution is 5.95. The summed E-state index contributed by atoms with van der Waals surface area (Å²) in [6.45, 7) is 11.0. The molecule has 4 nitrogen and oxygen atoms in total. The van der Waals surface area contributed by atoms with Gasteiger partial charge in [0.1, 0.15) is 0 Å². The number of carbonyl (C=O) groups is 2. The Bertz CT molecular complexity index is 795. The zero-order valence-corrected chi connectivity index (χ0v) is 17.2. The van der Waals surface area contributed by atoms with E-state index in [0.717, 1.165) is 16.3 Å². The smallest absolute Gasteiger partial charge is 0.320 e. The molecule has 28 heavy (non-hydrogen) atoms. The lowest BCUT2D eigenvalue weighted by molar-refractivity contribution is -0.166. The zero-order valence-electron chi connectivity index (χ0n) is 17.2. The molecule has 1 unspecified atom stereocenters. The second kappa shape index (κ2) is 10.1. The Morgan fingerprint density at radius 3 is 2.07 bits per heavy atom. The molecule has 4 heteroatoms. The minimum absolute atomic E-state index is 0.0481. The van der Waals surface area contributed by atoms with Gasteiger partial charge in [-0.05, 0) is 62.8 Å². The monoisotopic (exact) mass is 382 g/mol. The Hall–Kier alpha value is -2.62. The molecule has 0 N–H and O–H groups in total. The first-order valence-corrected chi connectivity index (χ1v) is 9.83. The summed E-state index contributed by atoms with van der Waals surface area (Å²) in [6, 6.07) is 14.2. The molecule has 0 spiro atoms. The lowest BCUT2D eigenvalue weighted by atomic mass is 9.84. The number of benzene rings is 2. The van der Waals surface area contributed by atoms with Crippen molar-refractivity contribution >= 4 is 22.7 Å². The van der Waals surface area contributed by atoms with Crippen molar-refractivity contribution in [1.82, 2.24) is 0 Å². The van der Waals surface area contributed by atoms with E-state index in [2.05, 4.69) is 30.8 Å². The first kappa shape index (κ1) is 21.7. The third-order valence-electron chi connectivity index (χ3n) is 4.51. The predicted octanol–water partition coefficient (Wildman–Crippen LogP) is 5.41. The topological polar surface area (TPSA) is 52.6 Å². The van der Waals surface area contributed by atoms with Gasteiger partial charge in [0.15, 0.2) is 5.92 Å². The van der Waals surface area contributed by atoms with Crippen molar-refractivity contribution in [3.63, 3.8) is 0 Å². The fourth-order valence-electron chi connectivity index (χ4n) is 3.36. The highest BCUT2D eigenvalue weighted by Gasteiger charge is 2.34. The number of hydrogen-bond acceptors (Lipinski definition) is 4. The van der Waals surface area contributed by atoms with Gasteiger partial charge in [0.05, 0.1) is 12.2 Å². The lowest BCUT2D eigenvalue weighted by Gasteiger charge is -2.24. The molecule has 2 aromatic carbocycles. The number of fused-ring (bicyclic) bond motifs is 1. The number of allylic oxidation sites excluding steroid dienone is 1. The van der Waals surface area contributed by atoms with Gasteiger partial charge in [0, 0.05) is 0 Å². The maximum absolute atomic E-state index is 12.7. The van der Waals surface area contributed by atoms with E-state index >= 15 is 0 Å². The number of hydrogen-bond donors (Lipinski definition) is 0. The Morgan fingerprint density at radius 2 is 1.50 bits per heavy atom. The summed E-state index contributed by atoms with van der Waals surface area (Å²) < 4.78 is 10.7. The van der Waals surface area contributed by atoms with Gasteiger partial charge in [-0.2, -0.15) is 0 Å².